The smallest absolute Gasteiger partial charge is 0.204 e. The summed E-state index contributed by atoms with van der Waals surface area (Å²) >= 11 is 0. The van der Waals surface area contributed by atoms with Crippen LogP contribution < -0.4 is 14.2 Å². The quantitative estimate of drug-likeness (QED) is 0.610. The minimum absolute atomic E-state index is 0.162. The van der Waals surface area contributed by atoms with Crippen LogP contribution in [0.25, 0.3) is 6.08 Å². The van der Waals surface area contributed by atoms with Crippen molar-refractivity contribution in [3.8, 4) is 17.2 Å². The van der Waals surface area contributed by atoms with Crippen LogP contribution >= 0.6 is 0 Å². The standard InChI is InChI=1S/C18H22O6/c1-2-3-12-4-5-16(22-9-13-6-19-13)18(24-11-15-8-21-15)17(12)23-10-14-7-20-14/h2-5,13-15H,6-11H2,1H3. The second-order valence-corrected chi connectivity index (χ2v) is 6.11. The molecule has 3 unspecified atom stereocenters. The van der Waals surface area contributed by atoms with Crippen LogP contribution in [0.3, 0.4) is 0 Å². The van der Waals surface area contributed by atoms with Gasteiger partial charge in [-0.3, -0.25) is 0 Å². The monoisotopic (exact) mass is 334 g/mol. The first kappa shape index (κ1) is 15.7. The minimum Gasteiger partial charge on any atom is -0.487 e. The highest BCUT2D eigenvalue weighted by molar-refractivity contribution is 5.66. The molecule has 0 amide bonds. The summed E-state index contributed by atoms with van der Waals surface area (Å²) in [5.41, 5.74) is 0.958. The van der Waals surface area contributed by atoms with Crippen molar-refractivity contribution in [2.75, 3.05) is 39.6 Å². The number of hydrogen-bond acceptors (Lipinski definition) is 6. The molecule has 3 heterocycles. The number of rotatable bonds is 10. The summed E-state index contributed by atoms with van der Waals surface area (Å²) in [6, 6.07) is 3.90. The second-order valence-electron chi connectivity index (χ2n) is 6.11. The summed E-state index contributed by atoms with van der Waals surface area (Å²) in [5.74, 6) is 1.99. The van der Waals surface area contributed by atoms with E-state index in [1.54, 1.807) is 0 Å². The van der Waals surface area contributed by atoms with E-state index in [1.165, 1.54) is 0 Å². The predicted molar refractivity (Wildman–Crippen MR) is 86.9 cm³/mol. The number of epoxide rings is 3. The topological polar surface area (TPSA) is 65.3 Å². The van der Waals surface area contributed by atoms with E-state index in [0.29, 0.717) is 37.1 Å². The van der Waals surface area contributed by atoms with Crippen LogP contribution in [0.1, 0.15) is 12.5 Å². The van der Waals surface area contributed by atoms with E-state index in [-0.39, 0.29) is 18.3 Å². The maximum absolute atomic E-state index is 6.01. The molecule has 1 aromatic carbocycles. The Kier molecular flexibility index (Phi) is 4.60. The van der Waals surface area contributed by atoms with Gasteiger partial charge in [0.05, 0.1) is 19.8 Å². The minimum atomic E-state index is 0.162. The van der Waals surface area contributed by atoms with Gasteiger partial charge in [-0.1, -0.05) is 12.2 Å². The molecule has 4 rings (SSSR count). The van der Waals surface area contributed by atoms with Crippen LogP contribution in [0, 0.1) is 0 Å². The summed E-state index contributed by atoms with van der Waals surface area (Å²) in [6.07, 6.45) is 4.49. The Labute approximate surface area is 141 Å². The van der Waals surface area contributed by atoms with Gasteiger partial charge in [-0.05, 0) is 19.1 Å². The number of hydrogen-bond donors (Lipinski definition) is 0. The van der Waals surface area contributed by atoms with Crippen LogP contribution in [0.2, 0.25) is 0 Å². The maximum Gasteiger partial charge on any atom is 0.204 e. The fraction of sp³-hybridized carbons (Fsp3) is 0.556. The van der Waals surface area contributed by atoms with Crippen LogP contribution in [-0.4, -0.2) is 58.0 Å². The molecule has 0 N–H and O–H groups in total. The maximum atomic E-state index is 6.01. The lowest BCUT2D eigenvalue weighted by molar-refractivity contribution is 0.208. The van der Waals surface area contributed by atoms with Crippen molar-refractivity contribution in [2.45, 2.75) is 25.2 Å². The zero-order valence-electron chi connectivity index (χ0n) is 13.7. The van der Waals surface area contributed by atoms with Crippen LogP contribution in [0.4, 0.5) is 0 Å². The molecule has 1 aromatic rings. The molecule has 0 aliphatic carbocycles. The van der Waals surface area contributed by atoms with Crippen molar-refractivity contribution >= 4 is 6.08 Å². The Bertz CT molecular complexity index is 602. The molecule has 3 aliphatic rings. The summed E-state index contributed by atoms with van der Waals surface area (Å²) in [4.78, 5) is 0. The predicted octanol–water partition coefficient (Wildman–Crippen LogP) is 2.05. The van der Waals surface area contributed by atoms with E-state index >= 15 is 0 Å². The van der Waals surface area contributed by atoms with E-state index in [4.69, 9.17) is 28.4 Å². The van der Waals surface area contributed by atoms with E-state index in [9.17, 15) is 0 Å². The molecule has 0 bridgehead atoms. The van der Waals surface area contributed by atoms with E-state index < -0.39 is 0 Å². The van der Waals surface area contributed by atoms with Crippen molar-refractivity contribution < 1.29 is 28.4 Å². The highest BCUT2D eigenvalue weighted by atomic mass is 16.6. The molecule has 0 radical (unpaired) electrons. The van der Waals surface area contributed by atoms with E-state index in [0.717, 1.165) is 25.4 Å². The first-order valence-electron chi connectivity index (χ1n) is 8.36. The molecule has 3 atom stereocenters. The lowest BCUT2D eigenvalue weighted by Gasteiger charge is -2.18. The molecule has 3 fully saturated rings. The molecule has 0 aromatic heterocycles. The molecule has 0 spiro atoms. The molecule has 3 aliphatic heterocycles. The van der Waals surface area contributed by atoms with Gasteiger partial charge >= 0.3 is 0 Å². The molecule has 24 heavy (non-hydrogen) atoms. The third-order valence-electron chi connectivity index (χ3n) is 3.91. The average molecular weight is 334 g/mol. The molecule has 6 nitrogen and oxygen atoms in total. The Morgan fingerprint density at radius 2 is 1.42 bits per heavy atom. The first-order valence-corrected chi connectivity index (χ1v) is 8.36. The Hall–Kier alpha value is -1.76. The van der Waals surface area contributed by atoms with Gasteiger partial charge < -0.3 is 28.4 Å². The third kappa shape index (κ3) is 4.20. The second kappa shape index (κ2) is 7.01. The Balaban J connectivity index is 1.58. The van der Waals surface area contributed by atoms with Crippen LogP contribution in [0.5, 0.6) is 17.2 Å². The van der Waals surface area contributed by atoms with Crippen molar-refractivity contribution in [3.63, 3.8) is 0 Å². The molecule has 0 saturated carbocycles. The van der Waals surface area contributed by atoms with Gasteiger partial charge in [0, 0.05) is 5.56 Å². The fourth-order valence-electron chi connectivity index (χ4n) is 2.30. The van der Waals surface area contributed by atoms with Gasteiger partial charge in [0.2, 0.25) is 5.75 Å². The number of benzene rings is 1. The molecule has 6 heteroatoms. The Morgan fingerprint density at radius 1 is 0.875 bits per heavy atom. The van der Waals surface area contributed by atoms with Crippen LogP contribution in [-0.2, 0) is 14.2 Å². The first-order chi connectivity index (χ1) is 11.8. The van der Waals surface area contributed by atoms with Crippen LogP contribution in [0.15, 0.2) is 18.2 Å². The van der Waals surface area contributed by atoms with Gasteiger partial charge in [0.15, 0.2) is 11.5 Å². The number of ether oxygens (including phenoxy) is 6. The number of allylic oxidation sites excluding steroid dienone is 1. The zero-order chi connectivity index (χ0) is 16.4. The van der Waals surface area contributed by atoms with Crippen molar-refractivity contribution in [1.82, 2.24) is 0 Å². The van der Waals surface area contributed by atoms with Crippen molar-refractivity contribution in [3.05, 3.63) is 23.8 Å². The van der Waals surface area contributed by atoms with Gasteiger partial charge in [-0.15, -0.1) is 0 Å². The largest absolute Gasteiger partial charge is 0.487 e. The highest BCUT2D eigenvalue weighted by Gasteiger charge is 2.29. The van der Waals surface area contributed by atoms with Gasteiger partial charge in [0.1, 0.15) is 38.1 Å². The molecule has 3 saturated heterocycles. The zero-order valence-corrected chi connectivity index (χ0v) is 13.7. The Morgan fingerprint density at radius 3 is 1.96 bits per heavy atom. The van der Waals surface area contributed by atoms with Gasteiger partial charge in [-0.25, -0.2) is 0 Å². The van der Waals surface area contributed by atoms with Crippen molar-refractivity contribution in [1.29, 1.82) is 0 Å². The van der Waals surface area contributed by atoms with Crippen molar-refractivity contribution in [2.24, 2.45) is 0 Å². The normalized spacial score (nSPS) is 27.1. The summed E-state index contributed by atoms with van der Waals surface area (Å²) in [5, 5.41) is 0. The average Bonchev–Trinajstić information content (AvgIpc) is 3.46. The van der Waals surface area contributed by atoms with E-state index in [2.05, 4.69) is 0 Å². The SMILES string of the molecule is CC=Cc1ccc(OCC2CO2)c(OCC2CO2)c1OCC1CO1. The third-order valence-corrected chi connectivity index (χ3v) is 3.91. The lowest BCUT2D eigenvalue weighted by Crippen LogP contribution is -2.12. The summed E-state index contributed by atoms with van der Waals surface area (Å²) in [6.45, 7) is 5.74. The fourth-order valence-corrected chi connectivity index (χ4v) is 2.30. The molecular formula is C18H22O6. The lowest BCUT2D eigenvalue weighted by atomic mass is 10.1. The van der Waals surface area contributed by atoms with E-state index in [1.807, 2.05) is 31.2 Å². The molecular weight excluding hydrogens is 312 g/mol. The van der Waals surface area contributed by atoms with Gasteiger partial charge in [-0.2, -0.15) is 0 Å². The summed E-state index contributed by atoms with van der Waals surface area (Å²) < 4.78 is 33.6. The summed E-state index contributed by atoms with van der Waals surface area (Å²) in [7, 11) is 0. The highest BCUT2D eigenvalue weighted by Crippen LogP contribution is 2.42. The molecule has 130 valence electrons. The van der Waals surface area contributed by atoms with Gasteiger partial charge in [0.25, 0.3) is 0 Å².